The Morgan fingerprint density at radius 2 is 2.12 bits per heavy atom. The molecule has 1 atom stereocenters. The van der Waals surface area contributed by atoms with Crippen molar-refractivity contribution < 1.29 is 4.74 Å². The van der Waals surface area contributed by atoms with Crippen LogP contribution in [0.3, 0.4) is 0 Å². The van der Waals surface area contributed by atoms with Gasteiger partial charge in [0.15, 0.2) is 0 Å². The number of ether oxygens (including phenoxy) is 1. The number of hydrogen-bond donors (Lipinski definition) is 1. The molecule has 1 unspecified atom stereocenters. The Hall–Kier alpha value is -0.450. The molecule has 17 heavy (non-hydrogen) atoms. The van der Waals surface area contributed by atoms with Crippen LogP contribution in [0.2, 0.25) is 0 Å². The van der Waals surface area contributed by atoms with Gasteiger partial charge in [-0.2, -0.15) is 0 Å². The van der Waals surface area contributed by atoms with Crippen molar-refractivity contribution in [2.75, 3.05) is 7.11 Å². The van der Waals surface area contributed by atoms with Gasteiger partial charge in [-0.1, -0.05) is 27.2 Å². The Balaban J connectivity index is 2.89. The monoisotopic (exact) mass is 256 g/mol. The molecule has 1 heterocycles. The van der Waals surface area contributed by atoms with E-state index >= 15 is 0 Å². The Kier molecular flexibility index (Phi) is 6.09. The summed E-state index contributed by atoms with van der Waals surface area (Å²) in [5, 5.41) is 1.09. The fourth-order valence-electron chi connectivity index (χ4n) is 1.85. The molecule has 1 rings (SSSR count). The maximum Gasteiger partial charge on any atom is 0.122 e. The lowest BCUT2D eigenvalue weighted by molar-refractivity contribution is 0.0946. The standard InChI is InChI=1S/C13H24N2OS/c1-5-6-11(16-4)13-15-10(7-9(2)3)12(8-14)17-13/h9,11H,5-8,14H2,1-4H3. The van der Waals surface area contributed by atoms with Gasteiger partial charge in [-0.3, -0.25) is 0 Å². The van der Waals surface area contributed by atoms with E-state index in [1.54, 1.807) is 18.4 Å². The normalized spacial score (nSPS) is 13.3. The molecule has 3 nitrogen and oxygen atoms in total. The zero-order valence-electron chi connectivity index (χ0n) is 11.3. The number of nitrogens with zero attached hydrogens (tertiary/aromatic N) is 1. The first-order valence-electron chi connectivity index (χ1n) is 6.33. The lowest BCUT2D eigenvalue weighted by atomic mass is 10.1. The topological polar surface area (TPSA) is 48.1 Å². The lowest BCUT2D eigenvalue weighted by Crippen LogP contribution is -2.03. The van der Waals surface area contributed by atoms with Crippen LogP contribution < -0.4 is 5.73 Å². The molecule has 4 heteroatoms. The molecule has 0 bridgehead atoms. The quantitative estimate of drug-likeness (QED) is 0.814. The van der Waals surface area contributed by atoms with Crippen molar-refractivity contribution in [1.82, 2.24) is 4.98 Å². The van der Waals surface area contributed by atoms with Gasteiger partial charge in [0, 0.05) is 18.5 Å². The second-order valence-electron chi connectivity index (χ2n) is 4.74. The number of rotatable bonds is 7. The summed E-state index contributed by atoms with van der Waals surface area (Å²) in [7, 11) is 1.76. The van der Waals surface area contributed by atoms with Gasteiger partial charge in [0.1, 0.15) is 11.1 Å². The van der Waals surface area contributed by atoms with Crippen molar-refractivity contribution in [3.8, 4) is 0 Å². The highest BCUT2D eigenvalue weighted by molar-refractivity contribution is 7.11. The van der Waals surface area contributed by atoms with E-state index < -0.39 is 0 Å². The van der Waals surface area contributed by atoms with Crippen LogP contribution in [0.4, 0.5) is 0 Å². The van der Waals surface area contributed by atoms with Gasteiger partial charge >= 0.3 is 0 Å². The van der Waals surface area contributed by atoms with E-state index in [0.717, 1.165) is 24.3 Å². The van der Waals surface area contributed by atoms with E-state index in [9.17, 15) is 0 Å². The molecule has 0 aliphatic heterocycles. The molecule has 0 aliphatic rings. The maximum absolute atomic E-state index is 5.78. The summed E-state index contributed by atoms with van der Waals surface area (Å²) in [6.45, 7) is 7.17. The second-order valence-corrected chi connectivity index (χ2v) is 5.85. The Morgan fingerprint density at radius 3 is 2.59 bits per heavy atom. The van der Waals surface area contributed by atoms with E-state index in [4.69, 9.17) is 15.5 Å². The minimum atomic E-state index is 0.135. The molecule has 0 spiro atoms. The summed E-state index contributed by atoms with van der Waals surface area (Å²) >= 11 is 1.71. The van der Waals surface area contributed by atoms with Gasteiger partial charge in [0.05, 0.1) is 5.69 Å². The molecular weight excluding hydrogens is 232 g/mol. The molecule has 1 aromatic heterocycles. The highest BCUT2D eigenvalue weighted by Gasteiger charge is 2.18. The van der Waals surface area contributed by atoms with Crippen LogP contribution in [0.1, 0.15) is 55.3 Å². The summed E-state index contributed by atoms with van der Waals surface area (Å²) < 4.78 is 5.50. The predicted molar refractivity (Wildman–Crippen MR) is 73.2 cm³/mol. The average molecular weight is 256 g/mol. The third-order valence-corrected chi connectivity index (χ3v) is 3.90. The van der Waals surface area contributed by atoms with Gasteiger partial charge in [0.25, 0.3) is 0 Å². The van der Waals surface area contributed by atoms with Gasteiger partial charge in [-0.15, -0.1) is 11.3 Å². The summed E-state index contributed by atoms with van der Waals surface area (Å²) in [4.78, 5) is 5.94. The number of thiazole rings is 1. The first-order valence-corrected chi connectivity index (χ1v) is 7.15. The van der Waals surface area contributed by atoms with E-state index in [2.05, 4.69) is 20.8 Å². The molecule has 98 valence electrons. The minimum Gasteiger partial charge on any atom is -0.374 e. The Labute approximate surface area is 108 Å². The highest BCUT2D eigenvalue weighted by Crippen LogP contribution is 2.29. The molecular formula is C13H24N2OS. The Morgan fingerprint density at radius 1 is 1.41 bits per heavy atom. The zero-order chi connectivity index (χ0) is 12.8. The van der Waals surface area contributed by atoms with Crippen molar-refractivity contribution in [2.24, 2.45) is 11.7 Å². The van der Waals surface area contributed by atoms with Gasteiger partial charge in [0.2, 0.25) is 0 Å². The number of hydrogen-bond acceptors (Lipinski definition) is 4. The molecule has 2 N–H and O–H groups in total. The van der Waals surface area contributed by atoms with Crippen LogP contribution in [0.25, 0.3) is 0 Å². The van der Waals surface area contributed by atoms with Gasteiger partial charge in [-0.05, 0) is 18.8 Å². The zero-order valence-corrected chi connectivity index (χ0v) is 12.1. The average Bonchev–Trinajstić information content (AvgIpc) is 2.67. The van der Waals surface area contributed by atoms with Crippen LogP contribution >= 0.6 is 11.3 Å². The third-order valence-electron chi connectivity index (χ3n) is 2.69. The second kappa shape index (κ2) is 7.09. The molecule has 0 saturated heterocycles. The first kappa shape index (κ1) is 14.6. The molecule has 0 radical (unpaired) electrons. The van der Waals surface area contributed by atoms with Crippen LogP contribution in [0.15, 0.2) is 0 Å². The van der Waals surface area contributed by atoms with Crippen LogP contribution in [-0.2, 0) is 17.7 Å². The molecule has 0 amide bonds. The fourth-order valence-corrected chi connectivity index (χ4v) is 2.93. The van der Waals surface area contributed by atoms with E-state index in [1.165, 1.54) is 10.6 Å². The van der Waals surface area contributed by atoms with Gasteiger partial charge in [-0.25, -0.2) is 4.98 Å². The summed E-state index contributed by atoms with van der Waals surface area (Å²) in [5.74, 6) is 0.613. The fraction of sp³-hybridized carbons (Fsp3) is 0.769. The van der Waals surface area contributed by atoms with Crippen LogP contribution in [0.5, 0.6) is 0 Å². The molecule has 0 aromatic carbocycles. The van der Waals surface area contributed by atoms with E-state index in [1.807, 2.05) is 0 Å². The highest BCUT2D eigenvalue weighted by atomic mass is 32.1. The van der Waals surface area contributed by atoms with Crippen molar-refractivity contribution in [1.29, 1.82) is 0 Å². The van der Waals surface area contributed by atoms with Gasteiger partial charge < -0.3 is 10.5 Å². The van der Waals surface area contributed by atoms with E-state index in [0.29, 0.717) is 12.5 Å². The number of methoxy groups -OCH3 is 1. The van der Waals surface area contributed by atoms with Crippen molar-refractivity contribution in [3.63, 3.8) is 0 Å². The number of aromatic nitrogens is 1. The maximum atomic E-state index is 5.78. The minimum absolute atomic E-state index is 0.135. The molecule has 1 aromatic rings. The molecule has 0 aliphatic carbocycles. The summed E-state index contributed by atoms with van der Waals surface area (Å²) in [6, 6.07) is 0. The van der Waals surface area contributed by atoms with Crippen molar-refractivity contribution >= 4 is 11.3 Å². The summed E-state index contributed by atoms with van der Waals surface area (Å²) in [6.07, 6.45) is 3.27. The first-order chi connectivity index (χ1) is 8.12. The molecule has 0 saturated carbocycles. The van der Waals surface area contributed by atoms with Crippen molar-refractivity contribution in [3.05, 3.63) is 15.6 Å². The lowest BCUT2D eigenvalue weighted by Gasteiger charge is -2.10. The third kappa shape index (κ3) is 4.05. The van der Waals surface area contributed by atoms with Crippen LogP contribution in [0, 0.1) is 5.92 Å². The largest absolute Gasteiger partial charge is 0.374 e. The number of nitrogens with two attached hydrogens (primary N) is 1. The van der Waals surface area contributed by atoms with E-state index in [-0.39, 0.29) is 6.10 Å². The summed E-state index contributed by atoms with van der Waals surface area (Å²) in [5.41, 5.74) is 6.95. The predicted octanol–water partition coefficient (Wildman–Crippen LogP) is 3.29. The Bertz CT molecular complexity index is 336. The SMILES string of the molecule is CCCC(OC)c1nc(CC(C)C)c(CN)s1. The van der Waals surface area contributed by atoms with Crippen molar-refractivity contribution in [2.45, 2.75) is 52.7 Å². The molecule has 0 fully saturated rings. The smallest absolute Gasteiger partial charge is 0.122 e. The van der Waals surface area contributed by atoms with Crippen LogP contribution in [-0.4, -0.2) is 12.1 Å².